The molecule has 0 N–H and O–H groups in total. The largest absolute Gasteiger partial charge is 2.00 e. The van der Waals surface area contributed by atoms with E-state index >= 15 is 0 Å². The van der Waals surface area contributed by atoms with Crippen molar-refractivity contribution in [3.63, 3.8) is 0 Å². The van der Waals surface area contributed by atoms with E-state index in [-0.39, 0.29) is 29.5 Å². The fraction of sp³-hybridized carbons (Fsp3) is 0.889. The predicted molar refractivity (Wildman–Crippen MR) is 89.5 cm³/mol. The molecule has 5 heteroatoms. The van der Waals surface area contributed by atoms with E-state index in [2.05, 4.69) is 6.92 Å². The quantitative estimate of drug-likeness (QED) is 0.310. The molecule has 0 fully saturated rings. The molecular weight excluding hydrogens is 304 g/mol. The van der Waals surface area contributed by atoms with Crippen LogP contribution in [0.5, 0.6) is 0 Å². The van der Waals surface area contributed by atoms with Crippen LogP contribution in [0, 0.1) is 10.8 Å². The molecule has 0 aliphatic heterocycles. The van der Waals surface area contributed by atoms with Crippen LogP contribution in [0.3, 0.4) is 0 Å². The zero-order chi connectivity index (χ0) is 17.2. The van der Waals surface area contributed by atoms with Crippen molar-refractivity contribution in [3.8, 4) is 0 Å². The van der Waals surface area contributed by atoms with Gasteiger partial charge in [0, 0.05) is 0 Å². The Labute approximate surface area is 157 Å². The molecule has 0 aliphatic carbocycles. The number of hydrogen-bond acceptors (Lipinski definition) is 4. The molecule has 0 saturated carbocycles. The van der Waals surface area contributed by atoms with Gasteiger partial charge in [-0.05, 0) is 11.8 Å². The Morgan fingerprint density at radius 2 is 1.09 bits per heavy atom. The van der Waals surface area contributed by atoms with Gasteiger partial charge in [0.2, 0.25) is 0 Å². The van der Waals surface area contributed by atoms with E-state index in [0.29, 0.717) is 6.42 Å². The minimum absolute atomic E-state index is 0. The minimum Gasteiger partial charge on any atom is -0.549 e. The standard InChI is InChI=1S/C18H34O4.Mg/c1-5-6-7-8-9-10-11-12-13-14-18(15(19)20,16(21)22)17(2,3)4;/h5-14H2,1-4H3,(H,19,20)(H,21,22);/q;+2/p-2. The number of rotatable bonds is 12. The molecule has 0 unspecified atom stereocenters. The second-order valence-electron chi connectivity index (χ2n) is 7.31. The van der Waals surface area contributed by atoms with Gasteiger partial charge in [-0.3, -0.25) is 0 Å². The maximum atomic E-state index is 11.4. The molecule has 0 saturated heterocycles. The van der Waals surface area contributed by atoms with Crippen LogP contribution in [0.15, 0.2) is 0 Å². The van der Waals surface area contributed by atoms with Gasteiger partial charge >= 0.3 is 23.1 Å². The van der Waals surface area contributed by atoms with Gasteiger partial charge in [0.25, 0.3) is 0 Å². The summed E-state index contributed by atoms with van der Waals surface area (Å²) >= 11 is 0. The molecule has 23 heavy (non-hydrogen) atoms. The maximum Gasteiger partial charge on any atom is 2.00 e. The van der Waals surface area contributed by atoms with Gasteiger partial charge in [-0.25, -0.2) is 0 Å². The summed E-state index contributed by atoms with van der Waals surface area (Å²) in [4.78, 5) is 22.9. The molecule has 130 valence electrons. The normalized spacial score (nSPS) is 11.8. The average molecular weight is 337 g/mol. The number of unbranched alkanes of at least 4 members (excludes halogenated alkanes) is 8. The van der Waals surface area contributed by atoms with Crippen molar-refractivity contribution in [1.29, 1.82) is 0 Å². The monoisotopic (exact) mass is 336 g/mol. The van der Waals surface area contributed by atoms with Crippen molar-refractivity contribution in [2.75, 3.05) is 0 Å². The second-order valence-corrected chi connectivity index (χ2v) is 7.31. The van der Waals surface area contributed by atoms with Gasteiger partial charge in [0.05, 0.1) is 17.4 Å². The Balaban J connectivity index is 0. The summed E-state index contributed by atoms with van der Waals surface area (Å²) in [5, 5.41) is 22.9. The van der Waals surface area contributed by atoms with E-state index < -0.39 is 22.8 Å². The molecule has 0 aromatic heterocycles. The summed E-state index contributed by atoms with van der Waals surface area (Å²) in [6.07, 6.45) is 9.90. The number of carboxylic acid groups (broad SMARTS) is 2. The topological polar surface area (TPSA) is 80.3 Å². The van der Waals surface area contributed by atoms with E-state index in [0.717, 1.165) is 19.3 Å². The van der Waals surface area contributed by atoms with Crippen molar-refractivity contribution in [3.05, 3.63) is 0 Å². The number of aliphatic carboxylic acids is 2. The van der Waals surface area contributed by atoms with Crippen LogP contribution in [-0.2, 0) is 9.59 Å². The smallest absolute Gasteiger partial charge is 0.549 e. The van der Waals surface area contributed by atoms with Crippen LogP contribution >= 0.6 is 0 Å². The summed E-state index contributed by atoms with van der Waals surface area (Å²) in [7, 11) is 0. The summed E-state index contributed by atoms with van der Waals surface area (Å²) in [5.74, 6) is -3.06. The van der Waals surface area contributed by atoms with Gasteiger partial charge in [-0.1, -0.05) is 85.5 Å². The number of hydrogen-bond donors (Lipinski definition) is 0. The zero-order valence-electron chi connectivity index (χ0n) is 15.4. The molecule has 0 rings (SSSR count). The molecule has 0 aromatic carbocycles. The van der Waals surface area contributed by atoms with E-state index in [4.69, 9.17) is 0 Å². The summed E-state index contributed by atoms with van der Waals surface area (Å²) in [6.45, 7) is 7.04. The van der Waals surface area contributed by atoms with Crippen molar-refractivity contribution in [2.45, 2.75) is 91.9 Å². The molecule has 0 amide bonds. The summed E-state index contributed by atoms with van der Waals surface area (Å²) in [6, 6.07) is 0. The van der Waals surface area contributed by atoms with Gasteiger partial charge in [-0.2, -0.15) is 0 Å². The predicted octanol–water partition coefficient (Wildman–Crippen LogP) is 2.06. The molecule has 0 radical (unpaired) electrons. The van der Waals surface area contributed by atoms with Crippen LogP contribution in [0.2, 0.25) is 0 Å². The van der Waals surface area contributed by atoms with Gasteiger partial charge in [-0.15, -0.1) is 0 Å². The first-order valence-electron chi connectivity index (χ1n) is 8.63. The fourth-order valence-corrected chi connectivity index (χ4v) is 2.98. The fourth-order valence-electron chi connectivity index (χ4n) is 2.98. The molecule has 4 nitrogen and oxygen atoms in total. The van der Waals surface area contributed by atoms with E-state index in [1.807, 2.05) is 0 Å². The van der Waals surface area contributed by atoms with E-state index in [1.54, 1.807) is 20.8 Å². The van der Waals surface area contributed by atoms with Crippen LogP contribution in [0.25, 0.3) is 0 Å². The second kappa shape index (κ2) is 12.1. The van der Waals surface area contributed by atoms with Crippen molar-refractivity contribution >= 4 is 35.0 Å². The SMILES string of the molecule is CCCCCCCCCCCC(C(=O)[O-])(C(=O)[O-])C(C)(C)C.[Mg+2]. The molecule has 0 bridgehead atoms. The van der Waals surface area contributed by atoms with Gasteiger partial charge in [0.15, 0.2) is 0 Å². The Morgan fingerprint density at radius 3 is 1.39 bits per heavy atom. The molecule has 0 aliphatic rings. The molecule has 0 atom stereocenters. The van der Waals surface area contributed by atoms with Crippen LogP contribution < -0.4 is 10.2 Å². The van der Waals surface area contributed by atoms with Crippen molar-refractivity contribution < 1.29 is 19.8 Å². The first kappa shape index (κ1) is 25.0. The molecule has 0 aromatic rings. The summed E-state index contributed by atoms with van der Waals surface area (Å²) in [5.41, 5.74) is -2.83. The minimum atomic E-state index is -1.91. The average Bonchev–Trinajstić information content (AvgIpc) is 2.38. The van der Waals surface area contributed by atoms with Crippen LogP contribution in [0.1, 0.15) is 91.9 Å². The summed E-state index contributed by atoms with van der Waals surface area (Å²) < 4.78 is 0. The Morgan fingerprint density at radius 1 is 0.739 bits per heavy atom. The Bertz CT molecular complexity index is 333. The van der Waals surface area contributed by atoms with Gasteiger partial charge < -0.3 is 19.8 Å². The van der Waals surface area contributed by atoms with Crippen LogP contribution in [-0.4, -0.2) is 35.0 Å². The first-order chi connectivity index (χ1) is 10.2. The van der Waals surface area contributed by atoms with E-state index in [9.17, 15) is 19.8 Å². The molecular formula is C18H32MgO4. The number of carboxylic acids is 2. The van der Waals surface area contributed by atoms with Crippen molar-refractivity contribution in [2.24, 2.45) is 10.8 Å². The van der Waals surface area contributed by atoms with E-state index in [1.165, 1.54) is 32.1 Å². The van der Waals surface area contributed by atoms with Crippen molar-refractivity contribution in [1.82, 2.24) is 0 Å². The molecule has 0 spiro atoms. The number of carbonyl (C=O) groups is 2. The Hall–Kier alpha value is -0.294. The third-order valence-electron chi connectivity index (χ3n) is 4.63. The number of carbonyl (C=O) groups excluding carboxylic acids is 2. The third kappa shape index (κ3) is 7.88. The van der Waals surface area contributed by atoms with Crippen LogP contribution in [0.4, 0.5) is 0 Å². The maximum absolute atomic E-state index is 11.4. The first-order valence-corrected chi connectivity index (χ1v) is 8.63. The van der Waals surface area contributed by atoms with Gasteiger partial charge in [0.1, 0.15) is 0 Å². The zero-order valence-corrected chi connectivity index (χ0v) is 16.8. The Kier molecular flexibility index (Phi) is 13.2. The molecule has 0 heterocycles. The third-order valence-corrected chi connectivity index (χ3v) is 4.63.